The molecule has 7 aliphatic rings. The Kier molecular flexibility index (Phi) is 25.1. The number of aliphatic hydroxyl groups is 2. The number of ether oxygens (including phenoxy) is 10. The molecule has 7 heterocycles. The van der Waals surface area contributed by atoms with Crippen LogP contribution in [0, 0.1) is 10.8 Å². The summed E-state index contributed by atoms with van der Waals surface area (Å²) in [6.07, 6.45) is 7.78. The van der Waals surface area contributed by atoms with Crippen molar-refractivity contribution in [2.24, 2.45) is 10.8 Å². The van der Waals surface area contributed by atoms with Crippen molar-refractivity contribution in [3.8, 4) is 0 Å². The Morgan fingerprint density at radius 2 is 1.04 bits per heavy atom. The summed E-state index contributed by atoms with van der Waals surface area (Å²) >= 11 is 0. The van der Waals surface area contributed by atoms with Gasteiger partial charge in [0.2, 0.25) is 22.1 Å². The Balaban J connectivity index is 0.000000271. The number of allylic oxidation sites excluding steroid dienone is 5. The molecule has 0 spiro atoms. The van der Waals surface area contributed by atoms with E-state index in [0.29, 0.717) is 115 Å². The lowest BCUT2D eigenvalue weighted by Crippen LogP contribution is -2.39. The average molecular weight is 1020 g/mol. The molecule has 3 N–H and O–H groups in total. The Labute approximate surface area is 399 Å². The first-order valence-corrected chi connectivity index (χ1v) is 29.4. The van der Waals surface area contributed by atoms with Gasteiger partial charge in [0.25, 0.3) is 0 Å². The molecule has 390 valence electrons. The van der Waals surface area contributed by atoms with E-state index >= 15 is 0 Å². The maximum atomic E-state index is 12.9. The zero-order valence-electron chi connectivity index (χ0n) is 39.9. The van der Waals surface area contributed by atoms with Crippen LogP contribution >= 0.6 is 22.1 Å². The highest BCUT2D eigenvalue weighted by Gasteiger charge is 2.37. The van der Waals surface area contributed by atoms with E-state index in [0.717, 1.165) is 49.4 Å². The molecule has 0 aromatic heterocycles. The molecule has 0 amide bonds. The average Bonchev–Trinajstić information content (AvgIpc) is 4.06. The second kappa shape index (κ2) is 28.5. The molecule has 0 bridgehead atoms. The molecule has 0 saturated carbocycles. The molecule has 0 aliphatic carbocycles. The van der Waals surface area contributed by atoms with Crippen LogP contribution in [0.2, 0.25) is 0 Å². The fraction of sp³-hybridized carbons (Fsp3) is 0.870. The van der Waals surface area contributed by atoms with Gasteiger partial charge >= 0.3 is 0 Å². The minimum atomic E-state index is -2.82. The highest BCUT2D eigenvalue weighted by molar-refractivity contribution is 7.61. The first-order valence-electron chi connectivity index (χ1n) is 23.5. The summed E-state index contributed by atoms with van der Waals surface area (Å²) in [6.45, 7) is 18.1. The van der Waals surface area contributed by atoms with Gasteiger partial charge in [-0.25, -0.2) is 0 Å². The summed E-state index contributed by atoms with van der Waals surface area (Å²) in [4.78, 5) is 8.84. The van der Waals surface area contributed by atoms with Crippen LogP contribution < -0.4 is 0 Å². The van der Waals surface area contributed by atoms with Crippen molar-refractivity contribution in [2.75, 3.05) is 150 Å². The molecule has 7 aliphatic heterocycles. The SMILES string of the molecule is C.CC1=CP(=O)(O)CC1.CCC(COCC(O)COP1(=O)CC=C(C)C1)(COCC1CO1)COCC(CO)OP1(=O)CC=C(C)C1.CCC(COCC1CO1)(COCC1CO1)COCC1CO1. The second-order valence-electron chi connectivity index (χ2n) is 19.1. The van der Waals surface area contributed by atoms with Crippen LogP contribution in [0.3, 0.4) is 0 Å². The van der Waals surface area contributed by atoms with E-state index in [1.165, 1.54) is 5.82 Å². The Bertz CT molecular complexity index is 1660. The molecule has 67 heavy (non-hydrogen) atoms. The summed E-state index contributed by atoms with van der Waals surface area (Å²) in [6, 6.07) is 0. The number of hydrogen-bond donors (Lipinski definition) is 3. The van der Waals surface area contributed by atoms with Crippen LogP contribution in [0.1, 0.15) is 61.3 Å². The fourth-order valence-corrected chi connectivity index (χ4v) is 13.5. The number of rotatable bonds is 32. The van der Waals surface area contributed by atoms with Crippen molar-refractivity contribution in [2.45, 2.75) is 97.9 Å². The Morgan fingerprint density at radius 1 is 0.642 bits per heavy atom. The van der Waals surface area contributed by atoms with Gasteiger partial charge < -0.3 is 71.5 Å². The lowest BCUT2D eigenvalue weighted by atomic mass is 9.88. The molecule has 21 heteroatoms. The first-order chi connectivity index (χ1) is 31.5. The minimum absolute atomic E-state index is 0. The summed E-state index contributed by atoms with van der Waals surface area (Å²) in [7, 11) is -8.31. The summed E-state index contributed by atoms with van der Waals surface area (Å²) in [5.41, 5.74) is 2.53. The monoisotopic (exact) mass is 1020 g/mol. The topological polar surface area (TPSA) is 236 Å². The number of hydrogen-bond acceptors (Lipinski definition) is 17. The molecular weight excluding hydrogens is 933 g/mol. The number of epoxide rings is 4. The van der Waals surface area contributed by atoms with Crippen LogP contribution in [0.5, 0.6) is 0 Å². The van der Waals surface area contributed by atoms with Gasteiger partial charge in [-0.3, -0.25) is 13.7 Å². The van der Waals surface area contributed by atoms with Crippen LogP contribution in [0.4, 0.5) is 0 Å². The minimum Gasteiger partial charge on any atom is -0.394 e. The van der Waals surface area contributed by atoms with Crippen molar-refractivity contribution in [1.29, 1.82) is 0 Å². The van der Waals surface area contributed by atoms with Crippen LogP contribution in [-0.4, -0.2) is 201 Å². The molecular formula is C46H83O18P3. The zero-order valence-corrected chi connectivity index (χ0v) is 42.6. The third kappa shape index (κ3) is 23.6. The van der Waals surface area contributed by atoms with Crippen molar-refractivity contribution in [1.82, 2.24) is 0 Å². The predicted octanol–water partition coefficient (Wildman–Crippen LogP) is 5.89. The molecule has 0 radical (unpaired) electrons. The molecule has 0 aromatic carbocycles. The quantitative estimate of drug-likeness (QED) is 0.0405. The van der Waals surface area contributed by atoms with E-state index in [2.05, 4.69) is 6.92 Å². The molecule has 10 unspecified atom stereocenters. The van der Waals surface area contributed by atoms with Crippen molar-refractivity contribution < 1.29 is 85.2 Å². The molecule has 18 nitrogen and oxygen atoms in total. The Hall–Kier alpha value is -0.690. The third-order valence-corrected chi connectivity index (χ3v) is 18.5. The van der Waals surface area contributed by atoms with E-state index in [-0.39, 0.29) is 58.6 Å². The van der Waals surface area contributed by atoms with E-state index < -0.39 is 39.7 Å². The normalized spacial score (nSPS) is 31.6. The van der Waals surface area contributed by atoms with E-state index in [4.69, 9.17) is 61.3 Å². The summed E-state index contributed by atoms with van der Waals surface area (Å²) < 4.78 is 103. The maximum absolute atomic E-state index is 12.9. The van der Waals surface area contributed by atoms with Gasteiger partial charge in [-0.15, -0.1) is 0 Å². The van der Waals surface area contributed by atoms with E-state index in [1.807, 2.05) is 39.8 Å². The Morgan fingerprint density at radius 3 is 1.36 bits per heavy atom. The number of aliphatic hydroxyl groups excluding tert-OH is 2. The van der Waals surface area contributed by atoms with Gasteiger partial charge in [-0.2, -0.15) is 0 Å². The zero-order chi connectivity index (χ0) is 47.7. The van der Waals surface area contributed by atoms with Crippen LogP contribution in [0.25, 0.3) is 0 Å². The molecule has 10 atom stereocenters. The van der Waals surface area contributed by atoms with Crippen LogP contribution in [0.15, 0.2) is 34.7 Å². The van der Waals surface area contributed by atoms with Crippen molar-refractivity contribution >= 4 is 22.1 Å². The lowest BCUT2D eigenvalue weighted by molar-refractivity contribution is -0.0962. The summed E-state index contributed by atoms with van der Waals surface area (Å²) in [5.74, 6) is 1.49. The largest absolute Gasteiger partial charge is 0.394 e. The van der Waals surface area contributed by atoms with Gasteiger partial charge in [-0.05, 0) is 45.9 Å². The molecule has 4 saturated heterocycles. The smallest absolute Gasteiger partial charge is 0.222 e. The van der Waals surface area contributed by atoms with Gasteiger partial charge in [0.15, 0.2) is 0 Å². The molecule has 0 aromatic rings. The fourth-order valence-electron chi connectivity index (χ4n) is 7.22. The second-order valence-corrected chi connectivity index (χ2v) is 26.4. The maximum Gasteiger partial charge on any atom is 0.222 e. The lowest BCUT2D eigenvalue weighted by Gasteiger charge is -2.33. The standard InChI is InChI=1S/C25H44O10P2.C15H26O6.C5H9O2P.CH4/c1-4-25(19-32-13-24-14-33-24,17-30-10-22(27)11-34-36(28)7-5-20(2)15-36)18-31-12-23(9-26)35-37(29)8-6-21(3)16-37;1-2-15(9-16-3-12-6-19-12,10-17-4-13-7-20-13)11-18-5-14-8-21-14;1-5-2-3-8(6,7)4-5;/h5-6,22-24,26-27H,4,7-19H2,1-3H3;12-14H,2-11H2,1H3;4H,2-3H2,1H3,(H,6,7);1H4. The first kappa shape index (κ1) is 58.9. The summed E-state index contributed by atoms with van der Waals surface area (Å²) in [5, 5.41) is 20.1. The van der Waals surface area contributed by atoms with Crippen molar-refractivity contribution in [3.63, 3.8) is 0 Å². The van der Waals surface area contributed by atoms with Gasteiger partial charge in [0.1, 0.15) is 36.6 Å². The predicted molar refractivity (Wildman–Crippen MR) is 255 cm³/mol. The van der Waals surface area contributed by atoms with E-state index in [9.17, 15) is 23.9 Å². The van der Waals surface area contributed by atoms with Gasteiger partial charge in [0.05, 0.1) is 119 Å². The van der Waals surface area contributed by atoms with Gasteiger partial charge in [0, 0.05) is 41.6 Å². The van der Waals surface area contributed by atoms with Crippen molar-refractivity contribution in [3.05, 3.63) is 34.7 Å². The molecule has 7 rings (SSSR count). The molecule has 4 fully saturated rings. The highest BCUT2D eigenvalue weighted by atomic mass is 31.2. The highest BCUT2D eigenvalue weighted by Crippen LogP contribution is 2.54. The van der Waals surface area contributed by atoms with E-state index in [1.54, 1.807) is 0 Å². The van der Waals surface area contributed by atoms with Gasteiger partial charge in [-0.1, -0.05) is 50.1 Å². The van der Waals surface area contributed by atoms with Crippen LogP contribution in [-0.2, 0) is 70.1 Å². The third-order valence-electron chi connectivity index (χ3n) is 12.1.